The van der Waals surface area contributed by atoms with E-state index >= 15 is 0 Å². The van der Waals surface area contributed by atoms with Crippen molar-refractivity contribution < 1.29 is 9.15 Å². The van der Waals surface area contributed by atoms with Crippen molar-refractivity contribution in [3.8, 4) is 5.75 Å². The Labute approximate surface area is 109 Å². The molecule has 0 radical (unpaired) electrons. The van der Waals surface area contributed by atoms with E-state index in [9.17, 15) is 0 Å². The van der Waals surface area contributed by atoms with Crippen molar-refractivity contribution in [2.45, 2.75) is 13.2 Å². The average Bonchev–Trinajstić information content (AvgIpc) is 2.77. The van der Waals surface area contributed by atoms with E-state index in [0.717, 1.165) is 28.1 Å². The first-order valence-corrected chi connectivity index (χ1v) is 6.17. The Hall–Kier alpha value is -1.26. The molecule has 0 bridgehead atoms. The summed E-state index contributed by atoms with van der Waals surface area (Å²) in [7, 11) is 1.91. The quantitative estimate of drug-likeness (QED) is 0.919. The van der Waals surface area contributed by atoms with Gasteiger partial charge in [0.25, 0.3) is 0 Å². The van der Waals surface area contributed by atoms with Crippen LogP contribution in [-0.4, -0.2) is 7.05 Å². The number of hydrogen-bond acceptors (Lipinski definition) is 3. The SMILES string of the molecule is CNCc1ccoc1COc1ccc(Br)cc1. The zero-order valence-corrected chi connectivity index (χ0v) is 11.2. The molecular formula is C13H14BrNO2. The fourth-order valence-corrected chi connectivity index (χ4v) is 1.79. The van der Waals surface area contributed by atoms with Gasteiger partial charge in [-0.2, -0.15) is 0 Å². The van der Waals surface area contributed by atoms with Crippen LogP contribution in [0.1, 0.15) is 11.3 Å². The molecule has 90 valence electrons. The third-order valence-electron chi connectivity index (χ3n) is 2.39. The fraction of sp³-hybridized carbons (Fsp3) is 0.231. The highest BCUT2D eigenvalue weighted by molar-refractivity contribution is 9.10. The Kier molecular flexibility index (Phi) is 4.23. The minimum Gasteiger partial charge on any atom is -0.486 e. The maximum Gasteiger partial charge on any atom is 0.146 e. The molecule has 0 spiro atoms. The van der Waals surface area contributed by atoms with Crippen LogP contribution in [-0.2, 0) is 13.2 Å². The summed E-state index contributed by atoms with van der Waals surface area (Å²) in [4.78, 5) is 0. The molecule has 0 aliphatic rings. The molecular weight excluding hydrogens is 282 g/mol. The van der Waals surface area contributed by atoms with Crippen molar-refractivity contribution >= 4 is 15.9 Å². The second-order valence-corrected chi connectivity index (χ2v) is 4.56. The van der Waals surface area contributed by atoms with E-state index in [0.29, 0.717) is 6.61 Å². The molecule has 0 amide bonds. The summed E-state index contributed by atoms with van der Waals surface area (Å²) < 4.78 is 12.1. The molecule has 0 saturated carbocycles. The van der Waals surface area contributed by atoms with Gasteiger partial charge in [-0.15, -0.1) is 0 Å². The van der Waals surface area contributed by atoms with Gasteiger partial charge in [-0.05, 0) is 37.4 Å². The Morgan fingerprint density at radius 2 is 2.00 bits per heavy atom. The minimum atomic E-state index is 0.450. The fourth-order valence-electron chi connectivity index (χ4n) is 1.52. The maximum absolute atomic E-state index is 5.65. The molecule has 2 rings (SSSR count). The summed E-state index contributed by atoms with van der Waals surface area (Å²) in [5.74, 6) is 1.70. The number of benzene rings is 1. The molecule has 2 aromatic rings. The van der Waals surface area contributed by atoms with E-state index in [4.69, 9.17) is 9.15 Å². The van der Waals surface area contributed by atoms with Crippen LogP contribution < -0.4 is 10.1 Å². The lowest BCUT2D eigenvalue weighted by molar-refractivity contribution is 0.268. The molecule has 0 saturated heterocycles. The summed E-state index contributed by atoms with van der Waals surface area (Å²) >= 11 is 3.39. The van der Waals surface area contributed by atoms with Crippen LogP contribution in [0.3, 0.4) is 0 Å². The van der Waals surface area contributed by atoms with Gasteiger partial charge in [0.1, 0.15) is 18.1 Å². The van der Waals surface area contributed by atoms with Gasteiger partial charge in [-0.1, -0.05) is 15.9 Å². The Bertz CT molecular complexity index is 465. The van der Waals surface area contributed by atoms with E-state index in [1.165, 1.54) is 0 Å². The van der Waals surface area contributed by atoms with Gasteiger partial charge in [0.15, 0.2) is 0 Å². The number of halogens is 1. The van der Waals surface area contributed by atoms with Crippen LogP contribution in [0.4, 0.5) is 0 Å². The predicted molar refractivity (Wildman–Crippen MR) is 69.9 cm³/mol. The monoisotopic (exact) mass is 295 g/mol. The van der Waals surface area contributed by atoms with Gasteiger partial charge < -0.3 is 14.5 Å². The van der Waals surface area contributed by atoms with Crippen LogP contribution in [0.2, 0.25) is 0 Å². The highest BCUT2D eigenvalue weighted by Gasteiger charge is 2.06. The van der Waals surface area contributed by atoms with Crippen molar-refractivity contribution in [2.75, 3.05) is 7.05 Å². The lowest BCUT2D eigenvalue weighted by Crippen LogP contribution is -2.07. The maximum atomic E-state index is 5.65. The van der Waals surface area contributed by atoms with Gasteiger partial charge in [-0.25, -0.2) is 0 Å². The molecule has 0 aliphatic heterocycles. The van der Waals surface area contributed by atoms with Gasteiger partial charge >= 0.3 is 0 Å². The Balaban J connectivity index is 1.97. The summed E-state index contributed by atoms with van der Waals surface area (Å²) in [6, 6.07) is 9.70. The second kappa shape index (κ2) is 5.89. The smallest absolute Gasteiger partial charge is 0.146 e. The van der Waals surface area contributed by atoms with E-state index in [1.807, 2.05) is 37.4 Å². The van der Waals surface area contributed by atoms with Crippen LogP contribution in [0, 0.1) is 0 Å². The molecule has 1 heterocycles. The summed E-state index contributed by atoms with van der Waals surface area (Å²) in [6.45, 7) is 1.24. The highest BCUT2D eigenvalue weighted by atomic mass is 79.9. The van der Waals surface area contributed by atoms with E-state index < -0.39 is 0 Å². The summed E-state index contributed by atoms with van der Waals surface area (Å²) in [6.07, 6.45) is 1.69. The molecule has 3 nitrogen and oxygen atoms in total. The lowest BCUT2D eigenvalue weighted by Gasteiger charge is -2.06. The molecule has 4 heteroatoms. The van der Waals surface area contributed by atoms with Crippen molar-refractivity contribution in [2.24, 2.45) is 0 Å². The van der Waals surface area contributed by atoms with Crippen LogP contribution in [0.5, 0.6) is 5.75 Å². The minimum absolute atomic E-state index is 0.450. The molecule has 1 aromatic carbocycles. The van der Waals surface area contributed by atoms with E-state index in [1.54, 1.807) is 6.26 Å². The van der Waals surface area contributed by atoms with Gasteiger partial charge in [0.05, 0.1) is 6.26 Å². The normalized spacial score (nSPS) is 10.5. The first kappa shape index (κ1) is 12.2. The first-order chi connectivity index (χ1) is 8.29. The van der Waals surface area contributed by atoms with E-state index in [-0.39, 0.29) is 0 Å². The zero-order chi connectivity index (χ0) is 12.1. The Morgan fingerprint density at radius 1 is 1.24 bits per heavy atom. The van der Waals surface area contributed by atoms with Crippen LogP contribution in [0.25, 0.3) is 0 Å². The summed E-state index contributed by atoms with van der Waals surface area (Å²) in [5, 5.41) is 3.09. The topological polar surface area (TPSA) is 34.4 Å². The predicted octanol–water partition coefficient (Wildman–Crippen LogP) is 3.34. The molecule has 0 unspecified atom stereocenters. The number of hydrogen-bond donors (Lipinski definition) is 1. The third-order valence-corrected chi connectivity index (χ3v) is 2.92. The second-order valence-electron chi connectivity index (χ2n) is 3.64. The highest BCUT2D eigenvalue weighted by Crippen LogP contribution is 2.18. The van der Waals surface area contributed by atoms with Gasteiger partial charge in [0, 0.05) is 16.6 Å². The van der Waals surface area contributed by atoms with Crippen molar-refractivity contribution in [3.63, 3.8) is 0 Å². The van der Waals surface area contributed by atoms with Crippen molar-refractivity contribution in [3.05, 3.63) is 52.4 Å². The van der Waals surface area contributed by atoms with Gasteiger partial charge in [0.2, 0.25) is 0 Å². The average molecular weight is 296 g/mol. The molecule has 0 fully saturated rings. The lowest BCUT2D eigenvalue weighted by atomic mass is 10.2. The molecule has 0 atom stereocenters. The molecule has 1 aromatic heterocycles. The number of ether oxygens (including phenoxy) is 1. The van der Waals surface area contributed by atoms with Crippen LogP contribution in [0.15, 0.2) is 45.5 Å². The largest absolute Gasteiger partial charge is 0.486 e. The standard InChI is InChI=1S/C13H14BrNO2/c1-15-8-10-6-7-16-13(10)9-17-12-4-2-11(14)3-5-12/h2-7,15H,8-9H2,1H3. The molecule has 0 aliphatic carbocycles. The number of nitrogens with one attached hydrogen (secondary N) is 1. The van der Waals surface area contributed by atoms with Crippen molar-refractivity contribution in [1.82, 2.24) is 5.32 Å². The molecule has 17 heavy (non-hydrogen) atoms. The summed E-state index contributed by atoms with van der Waals surface area (Å²) in [5.41, 5.74) is 1.13. The van der Waals surface area contributed by atoms with Crippen LogP contribution >= 0.6 is 15.9 Å². The molecule has 1 N–H and O–H groups in total. The number of furan rings is 1. The van der Waals surface area contributed by atoms with E-state index in [2.05, 4.69) is 21.2 Å². The van der Waals surface area contributed by atoms with Crippen molar-refractivity contribution in [1.29, 1.82) is 0 Å². The third kappa shape index (κ3) is 3.35. The number of rotatable bonds is 5. The first-order valence-electron chi connectivity index (χ1n) is 5.38. The van der Waals surface area contributed by atoms with Gasteiger partial charge in [-0.3, -0.25) is 0 Å². The Morgan fingerprint density at radius 3 is 2.71 bits per heavy atom. The zero-order valence-electron chi connectivity index (χ0n) is 9.57.